The Morgan fingerprint density at radius 2 is 1.57 bits per heavy atom. The number of sulfonamides is 1. The van der Waals surface area contributed by atoms with Crippen LogP contribution in [0.3, 0.4) is 0 Å². The first-order chi connectivity index (χ1) is 22.6. The number of unbranched alkanes of at least 4 members (excludes halogenated alkanes) is 3. The molecule has 4 rings (SSSR count). The van der Waals surface area contributed by atoms with Crippen LogP contribution in [-0.4, -0.2) is 38.2 Å². The third-order valence-corrected chi connectivity index (χ3v) is 9.24. The van der Waals surface area contributed by atoms with Gasteiger partial charge in [0.2, 0.25) is 10.0 Å². The van der Waals surface area contributed by atoms with Crippen LogP contribution in [0.4, 0.5) is 11.4 Å². The highest BCUT2D eigenvalue weighted by Crippen LogP contribution is 2.27. The molecule has 0 spiro atoms. The molecule has 1 amide bonds. The summed E-state index contributed by atoms with van der Waals surface area (Å²) in [5, 5.41) is 9.07. The second kappa shape index (κ2) is 18.9. The molecule has 1 aliphatic heterocycles. The molecule has 0 aromatic heterocycles. The zero-order valence-corrected chi connectivity index (χ0v) is 29.3. The van der Waals surface area contributed by atoms with E-state index in [0.717, 1.165) is 61.9 Å². The summed E-state index contributed by atoms with van der Waals surface area (Å²) in [6, 6.07) is 20.7. The van der Waals surface area contributed by atoms with Crippen molar-refractivity contribution in [3.05, 3.63) is 95.2 Å². The van der Waals surface area contributed by atoms with Gasteiger partial charge in [-0.25, -0.2) is 18.1 Å². The minimum absolute atomic E-state index is 0.0952. The molecule has 254 valence electrons. The Hall–Kier alpha value is -4.15. The molecular formula is C37H51N5O4S. The Bertz CT molecular complexity index is 1640. The second-order valence-corrected chi connectivity index (χ2v) is 13.2. The number of hydrogen-bond acceptors (Lipinski definition) is 7. The zero-order valence-electron chi connectivity index (χ0n) is 28.5. The van der Waals surface area contributed by atoms with Crippen molar-refractivity contribution in [2.45, 2.75) is 91.0 Å². The molecule has 9 nitrogen and oxygen atoms in total. The van der Waals surface area contributed by atoms with Crippen LogP contribution < -0.4 is 20.5 Å². The number of nitrogens with zero attached hydrogens (tertiary/aromatic N) is 2. The average Bonchev–Trinajstić information content (AvgIpc) is 3.34. The number of hydrazone groups is 1. The molecule has 0 radical (unpaired) electrons. The Kier molecular flexibility index (Phi) is 15.0. The molecule has 0 unspecified atom stereocenters. The number of nitrogens with one attached hydrogen (secondary N) is 2. The van der Waals surface area contributed by atoms with Gasteiger partial charge in [0.25, 0.3) is 5.91 Å². The predicted octanol–water partition coefficient (Wildman–Crippen LogP) is 7.44. The Morgan fingerprint density at radius 3 is 2.23 bits per heavy atom. The van der Waals surface area contributed by atoms with Crippen molar-refractivity contribution in [2.75, 3.05) is 24.2 Å². The van der Waals surface area contributed by atoms with Gasteiger partial charge in [0.05, 0.1) is 29.3 Å². The predicted molar refractivity (Wildman–Crippen MR) is 193 cm³/mol. The van der Waals surface area contributed by atoms with E-state index in [1.807, 2.05) is 49.4 Å². The first-order valence-electron chi connectivity index (χ1n) is 16.7. The Balaban J connectivity index is 0.000000573. The number of nitrogen functional groups attached to an aromatic ring is 1. The largest absolute Gasteiger partial charge is 0.493 e. The lowest BCUT2D eigenvalue weighted by molar-refractivity contribution is -0.126. The fraction of sp³-hybridized carbons (Fsp3) is 0.405. The van der Waals surface area contributed by atoms with Crippen molar-refractivity contribution in [3.8, 4) is 5.75 Å². The maximum Gasteiger partial charge on any atom is 0.277 e. The summed E-state index contributed by atoms with van der Waals surface area (Å²) in [4.78, 5) is 13.4. The van der Waals surface area contributed by atoms with E-state index < -0.39 is 10.0 Å². The minimum Gasteiger partial charge on any atom is -0.493 e. The third-order valence-electron chi connectivity index (χ3n) is 7.78. The van der Waals surface area contributed by atoms with Crippen molar-refractivity contribution in [1.82, 2.24) is 9.73 Å². The van der Waals surface area contributed by atoms with E-state index >= 15 is 0 Å². The summed E-state index contributed by atoms with van der Waals surface area (Å²) in [5.41, 5.74) is 11.5. The van der Waals surface area contributed by atoms with Crippen molar-refractivity contribution in [3.63, 3.8) is 0 Å². The molecule has 3 aromatic rings. The van der Waals surface area contributed by atoms with E-state index in [4.69, 9.17) is 10.5 Å². The van der Waals surface area contributed by atoms with Crippen LogP contribution in [0.15, 0.2) is 88.5 Å². The SMILES string of the molecule is CCCCCCNS(=O)(=O)c1ccc(OCCC)c(CN2N=C(C)C(=CNc3ccccc3CC)C2=O)c1.CCc1ccccc1N. The molecule has 0 saturated heterocycles. The van der Waals surface area contributed by atoms with Gasteiger partial charge in [-0.05, 0) is 74.1 Å². The summed E-state index contributed by atoms with van der Waals surface area (Å²) in [5.74, 6) is 0.287. The van der Waals surface area contributed by atoms with E-state index in [9.17, 15) is 13.2 Å². The molecule has 10 heteroatoms. The molecule has 1 heterocycles. The Labute approximate surface area is 281 Å². The topological polar surface area (TPSA) is 126 Å². The van der Waals surface area contributed by atoms with E-state index in [-0.39, 0.29) is 17.3 Å². The van der Waals surface area contributed by atoms with Gasteiger partial charge in [-0.3, -0.25) is 4.79 Å². The smallest absolute Gasteiger partial charge is 0.277 e. The van der Waals surface area contributed by atoms with Gasteiger partial charge < -0.3 is 15.8 Å². The standard InChI is InChI=1S/C29H40N4O4S.C8H11N/c1-5-8-9-12-17-31-38(35,36)25-15-16-28(37-18-6-2)24(19-25)21-33-29(34)26(22(4)32-33)20-30-27-14-11-10-13-23(27)7-3;1-2-7-5-3-4-6-8(7)9/h10-11,13-16,19-20,30-31H,5-9,12,17-18,21H2,1-4H3;3-6H,2,9H2,1H3. The zero-order chi connectivity index (χ0) is 34.2. The monoisotopic (exact) mass is 661 g/mol. The fourth-order valence-corrected chi connectivity index (χ4v) is 6.15. The lowest BCUT2D eigenvalue weighted by Gasteiger charge is -2.17. The fourth-order valence-electron chi connectivity index (χ4n) is 5.03. The number of ether oxygens (including phenoxy) is 1. The van der Waals surface area contributed by atoms with E-state index in [0.29, 0.717) is 35.7 Å². The number of nitrogens with two attached hydrogens (primary N) is 1. The second-order valence-electron chi connectivity index (χ2n) is 11.4. The van der Waals surface area contributed by atoms with Crippen LogP contribution in [0, 0.1) is 0 Å². The van der Waals surface area contributed by atoms with Gasteiger partial charge in [0.1, 0.15) is 5.75 Å². The van der Waals surface area contributed by atoms with Crippen LogP contribution >= 0.6 is 0 Å². The van der Waals surface area contributed by atoms with Crippen LogP contribution in [0.2, 0.25) is 0 Å². The highest BCUT2D eigenvalue weighted by atomic mass is 32.2. The van der Waals surface area contributed by atoms with Crippen LogP contribution in [-0.2, 0) is 34.2 Å². The first kappa shape index (κ1) is 37.3. The summed E-state index contributed by atoms with van der Waals surface area (Å²) >= 11 is 0. The molecule has 0 bridgehead atoms. The highest BCUT2D eigenvalue weighted by Gasteiger charge is 2.29. The number of rotatable bonds is 16. The summed E-state index contributed by atoms with van der Waals surface area (Å²) in [7, 11) is -3.69. The maximum absolute atomic E-state index is 13.3. The third kappa shape index (κ3) is 11.0. The molecular weight excluding hydrogens is 611 g/mol. The number of anilines is 2. The van der Waals surface area contributed by atoms with Gasteiger partial charge in [-0.2, -0.15) is 5.10 Å². The minimum atomic E-state index is -3.69. The normalized spacial score (nSPS) is 13.7. The van der Waals surface area contributed by atoms with Gasteiger partial charge in [0.15, 0.2) is 0 Å². The van der Waals surface area contributed by atoms with E-state index in [1.165, 1.54) is 10.6 Å². The number of carbonyl (C=O) groups is 1. The van der Waals surface area contributed by atoms with Crippen LogP contribution in [0.5, 0.6) is 5.75 Å². The molecule has 0 atom stereocenters. The van der Waals surface area contributed by atoms with Crippen LogP contribution in [0.25, 0.3) is 0 Å². The lowest BCUT2D eigenvalue weighted by Crippen LogP contribution is -2.26. The van der Waals surface area contributed by atoms with E-state index in [1.54, 1.807) is 31.3 Å². The number of para-hydroxylation sites is 2. The van der Waals surface area contributed by atoms with Gasteiger partial charge in [-0.15, -0.1) is 0 Å². The lowest BCUT2D eigenvalue weighted by atomic mass is 10.1. The highest BCUT2D eigenvalue weighted by molar-refractivity contribution is 7.89. The number of amides is 1. The van der Waals surface area contributed by atoms with E-state index in [2.05, 4.69) is 42.0 Å². The average molecular weight is 662 g/mol. The molecule has 4 N–H and O–H groups in total. The number of aryl methyl sites for hydroxylation is 2. The number of hydrogen-bond donors (Lipinski definition) is 3. The molecule has 1 aliphatic rings. The van der Waals surface area contributed by atoms with Crippen molar-refractivity contribution in [1.29, 1.82) is 0 Å². The van der Waals surface area contributed by atoms with Crippen LogP contribution in [0.1, 0.15) is 83.4 Å². The summed E-state index contributed by atoms with van der Waals surface area (Å²) in [6.45, 7) is 11.1. The molecule has 0 aliphatic carbocycles. The van der Waals surface area contributed by atoms with Crippen molar-refractivity contribution < 1.29 is 17.9 Å². The maximum atomic E-state index is 13.3. The number of carbonyl (C=O) groups excluding carboxylic acids is 1. The van der Waals surface area contributed by atoms with Gasteiger partial charge >= 0.3 is 0 Å². The summed E-state index contributed by atoms with van der Waals surface area (Å²) < 4.78 is 34.5. The van der Waals surface area contributed by atoms with Gasteiger partial charge in [0, 0.05) is 29.7 Å². The van der Waals surface area contributed by atoms with Gasteiger partial charge in [-0.1, -0.05) is 83.4 Å². The quantitative estimate of drug-likeness (QED) is 0.0832. The number of benzene rings is 3. The van der Waals surface area contributed by atoms with Crippen molar-refractivity contribution >= 4 is 33.0 Å². The molecule has 0 fully saturated rings. The first-order valence-corrected chi connectivity index (χ1v) is 18.1. The summed E-state index contributed by atoms with van der Waals surface area (Å²) in [6.07, 6.45) is 8.32. The Morgan fingerprint density at radius 1 is 0.872 bits per heavy atom. The molecule has 47 heavy (non-hydrogen) atoms. The molecule has 0 saturated carbocycles. The van der Waals surface area contributed by atoms with Crippen molar-refractivity contribution in [2.24, 2.45) is 5.10 Å². The molecule has 3 aromatic carbocycles.